The van der Waals surface area contributed by atoms with Gasteiger partial charge >= 0.3 is 0 Å². The van der Waals surface area contributed by atoms with Gasteiger partial charge in [-0.05, 0) is 12.8 Å². The van der Waals surface area contributed by atoms with Crippen LogP contribution in [0.3, 0.4) is 0 Å². The molecule has 74 valence electrons. The predicted molar refractivity (Wildman–Crippen MR) is 60.3 cm³/mol. The summed E-state index contributed by atoms with van der Waals surface area (Å²) in [6.45, 7) is 0. The van der Waals surface area contributed by atoms with E-state index in [1.807, 2.05) is 23.5 Å². The van der Waals surface area contributed by atoms with Crippen LogP contribution in [-0.4, -0.2) is 21.9 Å². The third kappa shape index (κ3) is 2.44. The molecule has 2 rings (SSSR count). The molecule has 1 nitrogen and oxygen atoms in total. The molecule has 2 fully saturated rings. The zero-order valence-corrected chi connectivity index (χ0v) is 9.46. The van der Waals surface area contributed by atoms with Crippen molar-refractivity contribution >= 4 is 29.3 Å². The number of rotatable bonds is 2. The lowest BCUT2D eigenvalue weighted by molar-refractivity contribution is -0.121. The third-order valence-electron chi connectivity index (χ3n) is 2.86. The molecule has 0 atom stereocenters. The van der Waals surface area contributed by atoms with Gasteiger partial charge in [0.15, 0.2) is 5.78 Å². The second-order valence-electron chi connectivity index (χ2n) is 3.81. The van der Waals surface area contributed by atoms with Crippen molar-refractivity contribution in [2.75, 3.05) is 11.5 Å². The number of carbonyl (C=O) groups excluding carboxylic acids is 1. The molecule has 0 aromatic carbocycles. The number of carbonyl (C=O) groups is 1. The average molecular weight is 216 g/mol. The Labute approximate surface area is 88.4 Å². The van der Waals surface area contributed by atoms with E-state index in [1.54, 1.807) is 0 Å². The van der Waals surface area contributed by atoms with E-state index in [2.05, 4.69) is 0 Å². The first-order chi connectivity index (χ1) is 6.38. The second-order valence-corrected chi connectivity index (χ2v) is 6.54. The molecule has 0 aromatic rings. The van der Waals surface area contributed by atoms with Gasteiger partial charge < -0.3 is 0 Å². The Bertz CT molecular complexity index is 181. The van der Waals surface area contributed by atoms with Crippen molar-refractivity contribution in [3.63, 3.8) is 0 Å². The number of ketones is 1. The van der Waals surface area contributed by atoms with Gasteiger partial charge in [-0.15, -0.1) is 23.5 Å². The fraction of sp³-hybridized carbons (Fsp3) is 0.900. The summed E-state index contributed by atoms with van der Waals surface area (Å²) in [7, 11) is 0. The smallest absolute Gasteiger partial charge is 0.158 e. The molecule has 0 unspecified atom stereocenters. The van der Waals surface area contributed by atoms with Crippen molar-refractivity contribution in [1.82, 2.24) is 0 Å². The standard InChI is InChI=1S/C10H16OS2/c11-9(10-12-6-7-13-10)8-4-2-1-3-5-8/h8,10H,1-7H2. The number of hydrogen-bond donors (Lipinski definition) is 0. The molecular formula is C10H16OS2. The molecule has 0 amide bonds. The zero-order chi connectivity index (χ0) is 9.10. The van der Waals surface area contributed by atoms with Gasteiger partial charge in [0.25, 0.3) is 0 Å². The molecule has 2 aliphatic rings. The van der Waals surface area contributed by atoms with Crippen LogP contribution in [0.25, 0.3) is 0 Å². The normalized spacial score (nSPS) is 26.5. The highest BCUT2D eigenvalue weighted by atomic mass is 32.2. The van der Waals surface area contributed by atoms with Crippen molar-refractivity contribution in [1.29, 1.82) is 0 Å². The van der Waals surface area contributed by atoms with Gasteiger partial charge in [0.05, 0.1) is 0 Å². The first-order valence-corrected chi connectivity index (χ1v) is 7.24. The van der Waals surface area contributed by atoms with Crippen LogP contribution in [0.1, 0.15) is 32.1 Å². The van der Waals surface area contributed by atoms with E-state index >= 15 is 0 Å². The molecule has 1 saturated carbocycles. The second kappa shape index (κ2) is 4.74. The van der Waals surface area contributed by atoms with E-state index in [0.717, 1.165) is 12.8 Å². The average Bonchev–Trinajstić information content (AvgIpc) is 2.71. The van der Waals surface area contributed by atoms with Gasteiger partial charge in [0.1, 0.15) is 4.58 Å². The maximum absolute atomic E-state index is 12.0. The van der Waals surface area contributed by atoms with Crippen LogP contribution >= 0.6 is 23.5 Å². The Hall–Kier alpha value is 0.370. The topological polar surface area (TPSA) is 17.1 Å². The maximum atomic E-state index is 12.0. The number of Topliss-reactive ketones (excluding diaryl/α,β-unsaturated/α-hetero) is 1. The van der Waals surface area contributed by atoms with Gasteiger partial charge in [-0.1, -0.05) is 19.3 Å². The Balaban J connectivity index is 1.87. The lowest BCUT2D eigenvalue weighted by Gasteiger charge is -2.22. The molecule has 0 aromatic heterocycles. The monoisotopic (exact) mass is 216 g/mol. The SMILES string of the molecule is O=C(C1CCCCC1)C1SCCS1. The van der Waals surface area contributed by atoms with Gasteiger partial charge in [-0.3, -0.25) is 4.79 Å². The van der Waals surface area contributed by atoms with Crippen LogP contribution in [0.2, 0.25) is 0 Å². The first-order valence-electron chi connectivity index (χ1n) is 5.15. The van der Waals surface area contributed by atoms with Crippen LogP contribution in [0.15, 0.2) is 0 Å². The van der Waals surface area contributed by atoms with E-state index < -0.39 is 0 Å². The molecule has 13 heavy (non-hydrogen) atoms. The number of thioether (sulfide) groups is 2. The van der Waals surface area contributed by atoms with Crippen LogP contribution < -0.4 is 0 Å². The Morgan fingerprint density at radius 2 is 1.62 bits per heavy atom. The highest BCUT2D eigenvalue weighted by Crippen LogP contribution is 2.37. The summed E-state index contributed by atoms with van der Waals surface area (Å²) in [5.41, 5.74) is 0. The highest BCUT2D eigenvalue weighted by Gasteiger charge is 2.30. The summed E-state index contributed by atoms with van der Waals surface area (Å²) >= 11 is 3.72. The van der Waals surface area contributed by atoms with Crippen LogP contribution in [0, 0.1) is 5.92 Å². The van der Waals surface area contributed by atoms with E-state index in [4.69, 9.17) is 0 Å². The molecule has 1 aliphatic carbocycles. The fourth-order valence-electron chi connectivity index (χ4n) is 2.10. The van der Waals surface area contributed by atoms with Gasteiger partial charge in [0, 0.05) is 17.4 Å². The maximum Gasteiger partial charge on any atom is 0.158 e. The molecule has 1 saturated heterocycles. The molecule has 3 heteroatoms. The molecule has 1 heterocycles. The molecule has 0 radical (unpaired) electrons. The predicted octanol–water partition coefficient (Wildman–Crippen LogP) is 2.94. The zero-order valence-electron chi connectivity index (χ0n) is 7.83. The summed E-state index contributed by atoms with van der Waals surface area (Å²) in [6.07, 6.45) is 6.22. The minimum absolute atomic E-state index is 0.295. The Morgan fingerprint density at radius 3 is 2.23 bits per heavy atom. The molecular weight excluding hydrogens is 200 g/mol. The fourth-order valence-corrected chi connectivity index (χ4v) is 4.98. The molecule has 0 N–H and O–H groups in total. The Morgan fingerprint density at radius 1 is 1.00 bits per heavy atom. The number of hydrogen-bond acceptors (Lipinski definition) is 3. The van der Waals surface area contributed by atoms with Crippen molar-refractivity contribution in [3.8, 4) is 0 Å². The van der Waals surface area contributed by atoms with E-state index in [-0.39, 0.29) is 0 Å². The van der Waals surface area contributed by atoms with Crippen molar-refractivity contribution in [3.05, 3.63) is 0 Å². The largest absolute Gasteiger partial charge is 0.297 e. The van der Waals surface area contributed by atoms with Crippen LogP contribution in [0.5, 0.6) is 0 Å². The lowest BCUT2D eigenvalue weighted by Crippen LogP contribution is -2.24. The summed E-state index contributed by atoms with van der Waals surface area (Å²) < 4.78 is 0.295. The first kappa shape index (κ1) is 9.91. The molecule has 0 bridgehead atoms. The van der Waals surface area contributed by atoms with E-state index in [9.17, 15) is 4.79 Å². The minimum atomic E-state index is 0.295. The molecule has 1 aliphatic heterocycles. The third-order valence-corrected chi connectivity index (χ3v) is 5.89. The van der Waals surface area contributed by atoms with Gasteiger partial charge in [-0.2, -0.15) is 0 Å². The van der Waals surface area contributed by atoms with Gasteiger partial charge in [0.2, 0.25) is 0 Å². The van der Waals surface area contributed by atoms with Crippen molar-refractivity contribution in [2.45, 2.75) is 36.7 Å². The summed E-state index contributed by atoms with van der Waals surface area (Å²) in [4.78, 5) is 12.0. The molecule has 0 spiro atoms. The van der Waals surface area contributed by atoms with Crippen molar-refractivity contribution in [2.24, 2.45) is 5.92 Å². The van der Waals surface area contributed by atoms with Crippen LogP contribution in [0.4, 0.5) is 0 Å². The lowest BCUT2D eigenvalue weighted by atomic mass is 9.87. The minimum Gasteiger partial charge on any atom is -0.297 e. The summed E-state index contributed by atoms with van der Waals surface area (Å²) in [5, 5.41) is 0. The van der Waals surface area contributed by atoms with E-state index in [1.165, 1.54) is 30.8 Å². The van der Waals surface area contributed by atoms with Crippen LogP contribution in [-0.2, 0) is 4.79 Å². The highest BCUT2D eigenvalue weighted by molar-refractivity contribution is 8.21. The quantitative estimate of drug-likeness (QED) is 0.706. The van der Waals surface area contributed by atoms with E-state index in [0.29, 0.717) is 16.3 Å². The summed E-state index contributed by atoms with van der Waals surface area (Å²) in [5.74, 6) is 3.31. The van der Waals surface area contributed by atoms with Gasteiger partial charge in [-0.25, -0.2) is 0 Å². The Kier molecular flexibility index (Phi) is 3.61. The van der Waals surface area contributed by atoms with Crippen molar-refractivity contribution < 1.29 is 4.79 Å². The summed E-state index contributed by atoms with van der Waals surface area (Å²) in [6, 6.07) is 0.